The van der Waals surface area contributed by atoms with E-state index in [0.717, 1.165) is 32.7 Å². The fourth-order valence-corrected chi connectivity index (χ4v) is 1.92. The molecule has 0 aromatic heterocycles. The SMILES string of the molecule is CN(CCCCN)CC1CCCCO1. The molecule has 3 heteroatoms. The van der Waals surface area contributed by atoms with Crippen molar-refractivity contribution in [2.45, 2.75) is 38.2 Å². The molecule has 1 unspecified atom stereocenters. The number of unbranched alkanes of at least 4 members (excludes halogenated alkanes) is 1. The smallest absolute Gasteiger partial charge is 0.0701 e. The first-order chi connectivity index (χ1) is 6.83. The highest BCUT2D eigenvalue weighted by Crippen LogP contribution is 2.13. The lowest BCUT2D eigenvalue weighted by Crippen LogP contribution is -2.34. The number of hydrogen-bond acceptors (Lipinski definition) is 3. The minimum atomic E-state index is 0.478. The molecule has 1 rings (SSSR count). The summed E-state index contributed by atoms with van der Waals surface area (Å²) in [5.74, 6) is 0. The van der Waals surface area contributed by atoms with E-state index in [1.165, 1.54) is 25.7 Å². The monoisotopic (exact) mass is 200 g/mol. The molecule has 0 aromatic rings. The number of hydrogen-bond donors (Lipinski definition) is 1. The summed E-state index contributed by atoms with van der Waals surface area (Å²) in [6.45, 7) is 4.01. The molecule has 14 heavy (non-hydrogen) atoms. The third-order valence-electron chi connectivity index (χ3n) is 2.78. The Kier molecular flexibility index (Phi) is 6.15. The Morgan fingerprint density at radius 1 is 1.36 bits per heavy atom. The van der Waals surface area contributed by atoms with Crippen molar-refractivity contribution in [1.29, 1.82) is 0 Å². The first kappa shape index (κ1) is 12.0. The van der Waals surface area contributed by atoms with Crippen molar-refractivity contribution in [3.05, 3.63) is 0 Å². The summed E-state index contributed by atoms with van der Waals surface area (Å²) in [5.41, 5.74) is 5.46. The highest BCUT2D eigenvalue weighted by Gasteiger charge is 2.15. The first-order valence-corrected chi connectivity index (χ1v) is 5.83. The van der Waals surface area contributed by atoms with Crippen LogP contribution in [-0.2, 0) is 4.74 Å². The van der Waals surface area contributed by atoms with Crippen LogP contribution < -0.4 is 5.73 Å². The number of nitrogens with zero attached hydrogens (tertiary/aromatic N) is 1. The molecule has 3 nitrogen and oxygen atoms in total. The van der Waals surface area contributed by atoms with Crippen LogP contribution in [0.4, 0.5) is 0 Å². The van der Waals surface area contributed by atoms with Crippen molar-refractivity contribution >= 4 is 0 Å². The molecule has 0 radical (unpaired) electrons. The van der Waals surface area contributed by atoms with Gasteiger partial charge < -0.3 is 15.4 Å². The van der Waals surface area contributed by atoms with E-state index in [9.17, 15) is 0 Å². The van der Waals surface area contributed by atoms with Gasteiger partial charge in [0.25, 0.3) is 0 Å². The average Bonchev–Trinajstić information content (AvgIpc) is 2.20. The van der Waals surface area contributed by atoms with Gasteiger partial charge in [-0.2, -0.15) is 0 Å². The van der Waals surface area contributed by atoms with E-state index >= 15 is 0 Å². The van der Waals surface area contributed by atoms with Crippen LogP contribution in [-0.4, -0.2) is 44.3 Å². The summed E-state index contributed by atoms with van der Waals surface area (Å²) in [5, 5.41) is 0. The van der Waals surface area contributed by atoms with E-state index in [1.807, 2.05) is 0 Å². The van der Waals surface area contributed by atoms with Crippen molar-refractivity contribution in [3.8, 4) is 0 Å². The first-order valence-electron chi connectivity index (χ1n) is 5.83. The molecule has 0 saturated carbocycles. The number of likely N-dealkylation sites (N-methyl/N-ethyl adjacent to an activating group) is 1. The molecule has 1 fully saturated rings. The van der Waals surface area contributed by atoms with Gasteiger partial charge in [0.2, 0.25) is 0 Å². The van der Waals surface area contributed by atoms with Gasteiger partial charge in [0, 0.05) is 13.2 Å². The number of ether oxygens (including phenoxy) is 1. The zero-order valence-corrected chi connectivity index (χ0v) is 9.37. The molecular formula is C11H24N2O. The Hall–Kier alpha value is -0.120. The summed E-state index contributed by atoms with van der Waals surface area (Å²) in [7, 11) is 2.18. The standard InChI is InChI=1S/C11H24N2O/c1-13(8-4-3-7-12)10-11-6-2-5-9-14-11/h11H,2-10,12H2,1H3. The van der Waals surface area contributed by atoms with Gasteiger partial charge in [-0.15, -0.1) is 0 Å². The summed E-state index contributed by atoms with van der Waals surface area (Å²) in [4.78, 5) is 2.37. The minimum Gasteiger partial charge on any atom is -0.377 e. The third kappa shape index (κ3) is 4.94. The summed E-state index contributed by atoms with van der Waals surface area (Å²) in [6.07, 6.45) is 6.64. The molecule has 0 bridgehead atoms. The highest BCUT2D eigenvalue weighted by atomic mass is 16.5. The molecular weight excluding hydrogens is 176 g/mol. The maximum absolute atomic E-state index is 5.69. The summed E-state index contributed by atoms with van der Waals surface area (Å²) in [6, 6.07) is 0. The van der Waals surface area contributed by atoms with Crippen LogP contribution in [0, 0.1) is 0 Å². The fourth-order valence-electron chi connectivity index (χ4n) is 1.92. The molecule has 2 N–H and O–H groups in total. The third-order valence-corrected chi connectivity index (χ3v) is 2.78. The second-order valence-electron chi connectivity index (χ2n) is 4.25. The molecule has 0 amide bonds. The van der Waals surface area contributed by atoms with Crippen molar-refractivity contribution in [2.75, 3.05) is 33.3 Å². The molecule has 0 aromatic carbocycles. The van der Waals surface area contributed by atoms with Gasteiger partial charge in [-0.1, -0.05) is 0 Å². The van der Waals surface area contributed by atoms with Gasteiger partial charge in [0.15, 0.2) is 0 Å². The maximum atomic E-state index is 5.69. The van der Waals surface area contributed by atoms with Crippen LogP contribution in [0.15, 0.2) is 0 Å². The topological polar surface area (TPSA) is 38.5 Å². The fraction of sp³-hybridized carbons (Fsp3) is 1.00. The zero-order chi connectivity index (χ0) is 10.2. The van der Waals surface area contributed by atoms with Crippen LogP contribution in [0.2, 0.25) is 0 Å². The van der Waals surface area contributed by atoms with Gasteiger partial charge in [-0.3, -0.25) is 0 Å². The normalized spacial score (nSPS) is 22.9. The maximum Gasteiger partial charge on any atom is 0.0701 e. The van der Waals surface area contributed by atoms with Crippen LogP contribution in [0.25, 0.3) is 0 Å². The minimum absolute atomic E-state index is 0.478. The molecule has 0 spiro atoms. The lowest BCUT2D eigenvalue weighted by Gasteiger charge is -2.27. The van der Waals surface area contributed by atoms with Crippen molar-refractivity contribution in [1.82, 2.24) is 4.90 Å². The van der Waals surface area contributed by atoms with Crippen LogP contribution in [0.5, 0.6) is 0 Å². The predicted molar refractivity (Wildman–Crippen MR) is 59.4 cm³/mol. The van der Waals surface area contributed by atoms with Crippen LogP contribution in [0.1, 0.15) is 32.1 Å². The number of nitrogens with two attached hydrogens (primary N) is 1. The Labute approximate surface area is 87.6 Å². The molecule has 1 saturated heterocycles. The lowest BCUT2D eigenvalue weighted by molar-refractivity contribution is -0.00156. The van der Waals surface area contributed by atoms with Gasteiger partial charge >= 0.3 is 0 Å². The molecule has 1 aliphatic rings. The summed E-state index contributed by atoms with van der Waals surface area (Å²) >= 11 is 0. The van der Waals surface area contributed by atoms with Crippen LogP contribution in [0.3, 0.4) is 0 Å². The number of rotatable bonds is 6. The zero-order valence-electron chi connectivity index (χ0n) is 9.37. The van der Waals surface area contributed by atoms with E-state index in [1.54, 1.807) is 0 Å². The van der Waals surface area contributed by atoms with Gasteiger partial charge in [0.05, 0.1) is 6.10 Å². The van der Waals surface area contributed by atoms with Crippen molar-refractivity contribution in [3.63, 3.8) is 0 Å². The predicted octanol–water partition coefficient (Wildman–Crippen LogP) is 1.23. The second kappa shape index (κ2) is 7.21. The molecule has 1 aliphatic heterocycles. The van der Waals surface area contributed by atoms with Crippen molar-refractivity contribution < 1.29 is 4.74 Å². The molecule has 1 atom stereocenters. The van der Waals surface area contributed by atoms with Gasteiger partial charge in [0.1, 0.15) is 0 Å². The highest BCUT2D eigenvalue weighted by molar-refractivity contribution is 4.67. The van der Waals surface area contributed by atoms with E-state index in [0.29, 0.717) is 6.10 Å². The largest absolute Gasteiger partial charge is 0.377 e. The summed E-state index contributed by atoms with van der Waals surface area (Å²) < 4.78 is 5.69. The lowest BCUT2D eigenvalue weighted by atomic mass is 10.1. The molecule has 0 aliphatic carbocycles. The average molecular weight is 200 g/mol. The van der Waals surface area contributed by atoms with Gasteiger partial charge in [-0.05, 0) is 52.2 Å². The van der Waals surface area contributed by atoms with E-state index in [4.69, 9.17) is 10.5 Å². The van der Waals surface area contributed by atoms with E-state index in [2.05, 4.69) is 11.9 Å². The van der Waals surface area contributed by atoms with Crippen molar-refractivity contribution in [2.24, 2.45) is 5.73 Å². The van der Waals surface area contributed by atoms with Gasteiger partial charge in [-0.25, -0.2) is 0 Å². The van der Waals surface area contributed by atoms with Crippen LogP contribution >= 0.6 is 0 Å². The Morgan fingerprint density at radius 3 is 2.86 bits per heavy atom. The molecule has 1 heterocycles. The second-order valence-corrected chi connectivity index (χ2v) is 4.25. The Morgan fingerprint density at radius 2 is 2.21 bits per heavy atom. The Balaban J connectivity index is 2.03. The van der Waals surface area contributed by atoms with E-state index in [-0.39, 0.29) is 0 Å². The Bertz CT molecular complexity index is 135. The quantitative estimate of drug-likeness (QED) is 0.655. The molecule has 84 valence electrons. The van der Waals surface area contributed by atoms with E-state index < -0.39 is 0 Å².